The van der Waals surface area contributed by atoms with Crippen LogP contribution in [0.1, 0.15) is 22.8 Å². The minimum atomic E-state index is -0.978. The third-order valence-electron chi connectivity index (χ3n) is 4.12. The smallest absolute Gasteiger partial charge is 0.335 e. The molecule has 0 aliphatic heterocycles. The van der Waals surface area contributed by atoms with E-state index in [1.807, 2.05) is 36.1 Å². The Labute approximate surface area is 163 Å². The largest absolute Gasteiger partial charge is 0.493 e. The van der Waals surface area contributed by atoms with E-state index < -0.39 is 5.97 Å². The van der Waals surface area contributed by atoms with Crippen molar-refractivity contribution in [3.05, 3.63) is 72.3 Å². The third kappa shape index (κ3) is 4.37. The molecule has 1 aromatic heterocycles. The number of carbonyl (C=O) groups is 1. The highest BCUT2D eigenvalue weighted by atomic mass is 16.5. The van der Waals surface area contributed by atoms with Gasteiger partial charge < -0.3 is 19.5 Å². The molecule has 0 saturated carbocycles. The van der Waals surface area contributed by atoms with E-state index >= 15 is 0 Å². The highest BCUT2D eigenvalue weighted by molar-refractivity contribution is 5.89. The second-order valence-electron chi connectivity index (χ2n) is 5.96. The van der Waals surface area contributed by atoms with Gasteiger partial charge in [-0.1, -0.05) is 6.07 Å². The van der Waals surface area contributed by atoms with E-state index in [-0.39, 0.29) is 5.56 Å². The molecule has 28 heavy (non-hydrogen) atoms. The SMILES string of the molecule is CCOc1ccc(N(Cc2cncnc2)c2cccc(C(=O)O)c2)cc1OC. The van der Waals surface area contributed by atoms with Crippen LogP contribution in [0.5, 0.6) is 11.5 Å². The Bertz CT molecular complexity index is 947. The quantitative estimate of drug-likeness (QED) is 0.635. The van der Waals surface area contributed by atoms with Crippen LogP contribution in [0, 0.1) is 0 Å². The number of hydrogen-bond acceptors (Lipinski definition) is 6. The van der Waals surface area contributed by atoms with E-state index in [9.17, 15) is 9.90 Å². The minimum absolute atomic E-state index is 0.213. The number of nitrogens with zero attached hydrogens (tertiary/aromatic N) is 3. The number of carboxylic acids is 1. The molecule has 1 N–H and O–H groups in total. The van der Waals surface area contributed by atoms with E-state index in [2.05, 4.69) is 9.97 Å². The molecular weight excluding hydrogens is 358 g/mol. The summed E-state index contributed by atoms with van der Waals surface area (Å²) in [6.45, 7) is 2.90. The number of benzene rings is 2. The van der Waals surface area contributed by atoms with Gasteiger partial charge >= 0.3 is 5.97 Å². The lowest BCUT2D eigenvalue weighted by Crippen LogP contribution is -2.17. The predicted octanol–water partition coefficient (Wildman–Crippen LogP) is 3.92. The van der Waals surface area contributed by atoms with Crippen molar-refractivity contribution in [3.8, 4) is 11.5 Å². The van der Waals surface area contributed by atoms with E-state index in [0.717, 1.165) is 16.9 Å². The van der Waals surface area contributed by atoms with Crippen molar-refractivity contribution < 1.29 is 19.4 Å². The molecule has 1 heterocycles. The fourth-order valence-electron chi connectivity index (χ4n) is 2.83. The monoisotopic (exact) mass is 379 g/mol. The lowest BCUT2D eigenvalue weighted by Gasteiger charge is -2.26. The average Bonchev–Trinajstić information content (AvgIpc) is 2.73. The van der Waals surface area contributed by atoms with Gasteiger partial charge in [0.15, 0.2) is 11.5 Å². The fourth-order valence-corrected chi connectivity index (χ4v) is 2.83. The Hall–Kier alpha value is -3.61. The molecule has 144 valence electrons. The van der Waals surface area contributed by atoms with Crippen LogP contribution in [0.15, 0.2) is 61.2 Å². The molecule has 0 radical (unpaired) electrons. The van der Waals surface area contributed by atoms with Gasteiger partial charge in [-0.05, 0) is 37.3 Å². The van der Waals surface area contributed by atoms with Crippen molar-refractivity contribution in [2.75, 3.05) is 18.6 Å². The van der Waals surface area contributed by atoms with Crippen molar-refractivity contribution in [1.82, 2.24) is 9.97 Å². The summed E-state index contributed by atoms with van der Waals surface area (Å²) in [5.41, 5.74) is 2.66. The molecule has 7 heteroatoms. The number of hydrogen-bond donors (Lipinski definition) is 1. The van der Waals surface area contributed by atoms with Crippen LogP contribution in [0.3, 0.4) is 0 Å². The Balaban J connectivity index is 2.06. The number of anilines is 2. The summed E-state index contributed by atoms with van der Waals surface area (Å²) in [6.07, 6.45) is 4.93. The summed E-state index contributed by atoms with van der Waals surface area (Å²) in [6, 6.07) is 12.4. The van der Waals surface area contributed by atoms with E-state index in [1.165, 1.54) is 6.33 Å². The van der Waals surface area contributed by atoms with Gasteiger partial charge in [0.25, 0.3) is 0 Å². The van der Waals surface area contributed by atoms with Gasteiger partial charge in [-0.25, -0.2) is 14.8 Å². The third-order valence-corrected chi connectivity index (χ3v) is 4.12. The van der Waals surface area contributed by atoms with Crippen LogP contribution in [-0.4, -0.2) is 34.8 Å². The van der Waals surface area contributed by atoms with Crippen molar-refractivity contribution in [1.29, 1.82) is 0 Å². The topological polar surface area (TPSA) is 84.8 Å². The molecule has 0 fully saturated rings. The predicted molar refractivity (Wildman–Crippen MR) is 105 cm³/mol. The molecule has 3 rings (SSSR count). The molecule has 7 nitrogen and oxygen atoms in total. The summed E-state index contributed by atoms with van der Waals surface area (Å²) >= 11 is 0. The maximum Gasteiger partial charge on any atom is 0.335 e. The number of rotatable bonds is 8. The van der Waals surface area contributed by atoms with Crippen LogP contribution in [0.25, 0.3) is 0 Å². The fraction of sp³-hybridized carbons (Fsp3) is 0.190. The average molecular weight is 379 g/mol. The molecule has 0 aliphatic rings. The van der Waals surface area contributed by atoms with Gasteiger partial charge in [-0.2, -0.15) is 0 Å². The summed E-state index contributed by atoms with van der Waals surface area (Å²) in [5.74, 6) is 0.271. The zero-order valence-corrected chi connectivity index (χ0v) is 15.7. The molecule has 0 amide bonds. The zero-order valence-electron chi connectivity index (χ0n) is 15.7. The molecule has 0 bridgehead atoms. The Morgan fingerprint density at radius 2 is 1.82 bits per heavy atom. The van der Waals surface area contributed by atoms with Crippen molar-refractivity contribution in [2.45, 2.75) is 13.5 Å². The number of aromatic carboxylic acids is 1. The molecule has 0 saturated heterocycles. The molecule has 2 aromatic carbocycles. The van der Waals surface area contributed by atoms with Crippen molar-refractivity contribution in [3.63, 3.8) is 0 Å². The van der Waals surface area contributed by atoms with Gasteiger partial charge in [0.2, 0.25) is 0 Å². The molecular formula is C21H21N3O4. The first-order chi connectivity index (χ1) is 13.6. The number of carboxylic acid groups (broad SMARTS) is 1. The van der Waals surface area contributed by atoms with E-state index in [4.69, 9.17) is 9.47 Å². The lowest BCUT2D eigenvalue weighted by molar-refractivity contribution is 0.0697. The summed E-state index contributed by atoms with van der Waals surface area (Å²) < 4.78 is 11.1. The first kappa shape index (κ1) is 19.2. The van der Waals surface area contributed by atoms with E-state index in [0.29, 0.717) is 24.7 Å². The summed E-state index contributed by atoms with van der Waals surface area (Å²) in [5, 5.41) is 9.35. The second kappa shape index (κ2) is 8.85. The molecule has 0 atom stereocenters. The number of methoxy groups -OCH3 is 1. The molecule has 3 aromatic rings. The van der Waals surface area contributed by atoms with Gasteiger partial charge in [0.1, 0.15) is 6.33 Å². The summed E-state index contributed by atoms with van der Waals surface area (Å²) in [7, 11) is 1.59. The van der Waals surface area contributed by atoms with Gasteiger partial charge in [-0.3, -0.25) is 0 Å². The van der Waals surface area contributed by atoms with Crippen LogP contribution in [0.2, 0.25) is 0 Å². The highest BCUT2D eigenvalue weighted by Gasteiger charge is 2.16. The van der Waals surface area contributed by atoms with Crippen molar-refractivity contribution in [2.24, 2.45) is 0 Å². The Morgan fingerprint density at radius 3 is 2.50 bits per heavy atom. The van der Waals surface area contributed by atoms with Crippen LogP contribution >= 0.6 is 0 Å². The zero-order chi connectivity index (χ0) is 19.9. The first-order valence-electron chi connectivity index (χ1n) is 8.78. The van der Waals surface area contributed by atoms with Gasteiger partial charge in [0, 0.05) is 35.4 Å². The van der Waals surface area contributed by atoms with E-state index in [1.54, 1.807) is 37.7 Å². The van der Waals surface area contributed by atoms with Gasteiger partial charge in [-0.15, -0.1) is 0 Å². The van der Waals surface area contributed by atoms with Crippen LogP contribution < -0.4 is 14.4 Å². The lowest BCUT2D eigenvalue weighted by atomic mass is 10.1. The molecule has 0 aliphatic carbocycles. The number of ether oxygens (including phenoxy) is 2. The second-order valence-corrected chi connectivity index (χ2v) is 5.96. The molecule has 0 spiro atoms. The first-order valence-corrected chi connectivity index (χ1v) is 8.78. The highest BCUT2D eigenvalue weighted by Crippen LogP contribution is 2.35. The molecule has 0 unspecified atom stereocenters. The Kier molecular flexibility index (Phi) is 6.06. The maximum absolute atomic E-state index is 11.4. The summed E-state index contributed by atoms with van der Waals surface area (Å²) in [4.78, 5) is 21.5. The normalized spacial score (nSPS) is 10.4. The minimum Gasteiger partial charge on any atom is -0.493 e. The van der Waals surface area contributed by atoms with Crippen LogP contribution in [-0.2, 0) is 6.54 Å². The standard InChI is InChI=1S/C21H21N3O4/c1-3-28-19-8-7-18(10-20(19)27-2)24(13-15-11-22-14-23-12-15)17-6-4-5-16(9-17)21(25)26/h4-12,14H,3,13H2,1-2H3,(H,25,26). The van der Waals surface area contributed by atoms with Crippen LogP contribution in [0.4, 0.5) is 11.4 Å². The van der Waals surface area contributed by atoms with Gasteiger partial charge in [0.05, 0.1) is 25.8 Å². The number of aromatic nitrogens is 2. The Morgan fingerprint density at radius 1 is 1.07 bits per heavy atom. The van der Waals surface area contributed by atoms with Crippen molar-refractivity contribution >= 4 is 17.3 Å². The maximum atomic E-state index is 11.4.